The lowest BCUT2D eigenvalue weighted by atomic mass is 10.2. The van der Waals surface area contributed by atoms with Crippen LogP contribution in [-0.2, 0) is 16.6 Å². The van der Waals surface area contributed by atoms with Gasteiger partial charge in [0.05, 0.1) is 4.90 Å². The van der Waals surface area contributed by atoms with Crippen LogP contribution in [0, 0.1) is 11.5 Å². The summed E-state index contributed by atoms with van der Waals surface area (Å²) in [5.41, 5.74) is 0.799. The van der Waals surface area contributed by atoms with Crippen molar-refractivity contribution in [2.75, 3.05) is 13.1 Å². The Morgan fingerprint density at radius 2 is 2.04 bits per heavy atom. The molecule has 0 amide bonds. The molecule has 1 atom stereocenters. The van der Waals surface area contributed by atoms with E-state index < -0.39 is 10.0 Å². The third-order valence-corrected chi connectivity index (χ3v) is 8.04. The van der Waals surface area contributed by atoms with E-state index in [4.69, 9.17) is 16.9 Å². The molecule has 27 heavy (non-hydrogen) atoms. The van der Waals surface area contributed by atoms with E-state index in [2.05, 4.69) is 38.1 Å². The lowest BCUT2D eigenvalue weighted by Gasteiger charge is -2.28. The molecule has 0 aliphatic carbocycles. The first-order chi connectivity index (χ1) is 12.8. The lowest BCUT2D eigenvalue weighted by molar-refractivity contribution is 0.314. The molecule has 0 bridgehead atoms. The van der Waals surface area contributed by atoms with Crippen LogP contribution in [0.5, 0.6) is 0 Å². The van der Waals surface area contributed by atoms with Crippen molar-refractivity contribution in [1.82, 2.24) is 9.21 Å². The van der Waals surface area contributed by atoms with Gasteiger partial charge in [0.15, 0.2) is 6.19 Å². The monoisotopic (exact) mass is 531 g/mol. The maximum Gasteiger partial charge on any atom is 0.244 e. The number of sulfonamides is 1. The van der Waals surface area contributed by atoms with Gasteiger partial charge >= 0.3 is 0 Å². The lowest BCUT2D eigenvalue weighted by Crippen LogP contribution is -2.41. The highest BCUT2D eigenvalue weighted by molar-refractivity contribution is 9.11. The Morgan fingerprint density at radius 1 is 1.26 bits per heavy atom. The summed E-state index contributed by atoms with van der Waals surface area (Å²) in [7, 11) is -3.80. The van der Waals surface area contributed by atoms with Gasteiger partial charge in [0, 0.05) is 39.6 Å². The molecule has 9 heteroatoms. The highest BCUT2D eigenvalue weighted by Crippen LogP contribution is 2.32. The zero-order valence-electron chi connectivity index (χ0n) is 14.1. The van der Waals surface area contributed by atoms with Gasteiger partial charge in [-0.25, -0.2) is 8.42 Å². The summed E-state index contributed by atoms with van der Waals surface area (Å²) in [6.07, 6.45) is 2.70. The minimum absolute atomic E-state index is 0.186. The van der Waals surface area contributed by atoms with E-state index in [-0.39, 0.29) is 17.5 Å². The molecule has 1 saturated heterocycles. The van der Waals surface area contributed by atoms with E-state index in [9.17, 15) is 8.42 Å². The number of halogens is 3. The van der Waals surface area contributed by atoms with Crippen molar-refractivity contribution in [3.05, 3.63) is 62.0 Å². The van der Waals surface area contributed by atoms with Crippen LogP contribution in [0.1, 0.15) is 12.0 Å². The Hall–Kier alpha value is -1.11. The number of hydrogen-bond acceptors (Lipinski definition) is 4. The van der Waals surface area contributed by atoms with Crippen LogP contribution in [0.4, 0.5) is 0 Å². The first kappa shape index (κ1) is 20.6. The summed E-state index contributed by atoms with van der Waals surface area (Å²) in [5, 5.41) is 9.72. The van der Waals surface area contributed by atoms with Gasteiger partial charge in [0.25, 0.3) is 0 Å². The molecule has 5 nitrogen and oxygen atoms in total. The Morgan fingerprint density at radius 3 is 2.70 bits per heavy atom. The molecule has 3 rings (SSSR count). The summed E-state index contributed by atoms with van der Waals surface area (Å²) < 4.78 is 29.7. The average molecular weight is 534 g/mol. The Bertz CT molecular complexity index is 994. The number of nitriles is 1. The largest absolute Gasteiger partial charge is 0.309 e. The van der Waals surface area contributed by atoms with Crippen LogP contribution in [-0.4, -0.2) is 36.8 Å². The number of likely N-dealkylation sites (tertiary alicyclic amines) is 1. The van der Waals surface area contributed by atoms with Gasteiger partial charge in [-0.2, -0.15) is 9.57 Å². The fourth-order valence-corrected chi connectivity index (χ4v) is 6.41. The second kappa shape index (κ2) is 8.50. The molecular weight excluding hydrogens is 518 g/mol. The Balaban J connectivity index is 2.03. The minimum atomic E-state index is -3.80. The van der Waals surface area contributed by atoms with Crippen LogP contribution in [0.15, 0.2) is 56.3 Å². The molecule has 1 fully saturated rings. The molecule has 2 aromatic carbocycles. The van der Waals surface area contributed by atoms with Crippen molar-refractivity contribution >= 4 is 53.5 Å². The number of hydrogen-bond donors (Lipinski definition) is 0. The molecule has 0 spiro atoms. The summed E-state index contributed by atoms with van der Waals surface area (Å²) in [5.74, 6) is 0. The zero-order valence-corrected chi connectivity index (χ0v) is 18.9. The van der Waals surface area contributed by atoms with E-state index in [1.165, 1.54) is 4.31 Å². The third kappa shape index (κ3) is 4.66. The Kier molecular flexibility index (Phi) is 6.49. The van der Waals surface area contributed by atoms with E-state index in [1.807, 2.05) is 6.07 Å². The maximum absolute atomic E-state index is 13.5. The predicted octanol–water partition coefficient (Wildman–Crippen LogP) is 4.61. The number of rotatable bonds is 5. The minimum Gasteiger partial charge on any atom is -0.309 e. The standard InChI is InChI=1S/C18H16Br2ClN3O2S/c19-14-4-5-17(20)18(9-14)27(25,26)24(16-6-7-23(11-16)12-22)10-13-2-1-3-15(21)8-13/h1-5,8-9,16H,6-7,10-11H2/t16-/m1/s1. The van der Waals surface area contributed by atoms with Crippen LogP contribution in [0.2, 0.25) is 5.02 Å². The van der Waals surface area contributed by atoms with Crippen molar-refractivity contribution in [2.24, 2.45) is 0 Å². The molecule has 0 saturated carbocycles. The fourth-order valence-electron chi connectivity index (χ4n) is 3.09. The molecule has 1 heterocycles. The van der Waals surface area contributed by atoms with Gasteiger partial charge in [-0.3, -0.25) is 0 Å². The SMILES string of the molecule is N#CN1CC[C@@H](N(Cc2cccc(Cl)c2)S(=O)(=O)c2cc(Br)ccc2Br)C1. The smallest absolute Gasteiger partial charge is 0.244 e. The van der Waals surface area contributed by atoms with E-state index in [1.54, 1.807) is 41.3 Å². The van der Waals surface area contributed by atoms with Crippen molar-refractivity contribution < 1.29 is 8.42 Å². The first-order valence-electron chi connectivity index (χ1n) is 8.17. The van der Waals surface area contributed by atoms with Crippen molar-refractivity contribution in [1.29, 1.82) is 5.26 Å². The molecular formula is C18H16Br2ClN3O2S. The zero-order chi connectivity index (χ0) is 19.6. The normalized spacial score (nSPS) is 17.3. The van der Waals surface area contributed by atoms with Crippen LogP contribution in [0.25, 0.3) is 0 Å². The van der Waals surface area contributed by atoms with Crippen LogP contribution >= 0.6 is 43.5 Å². The van der Waals surface area contributed by atoms with Gasteiger partial charge in [-0.15, -0.1) is 0 Å². The van der Waals surface area contributed by atoms with Crippen molar-refractivity contribution in [3.63, 3.8) is 0 Å². The third-order valence-electron chi connectivity index (χ3n) is 4.42. The molecule has 0 radical (unpaired) electrons. The molecule has 0 N–H and O–H groups in total. The average Bonchev–Trinajstić information content (AvgIpc) is 3.10. The van der Waals surface area contributed by atoms with E-state index in [0.717, 1.165) is 5.56 Å². The first-order valence-corrected chi connectivity index (χ1v) is 11.6. The molecule has 142 valence electrons. The predicted molar refractivity (Wildman–Crippen MR) is 112 cm³/mol. The van der Waals surface area contributed by atoms with Gasteiger partial charge in [0.2, 0.25) is 10.0 Å². The second-order valence-corrected chi connectivity index (χ2v) is 10.3. The van der Waals surface area contributed by atoms with Gasteiger partial charge in [-0.1, -0.05) is 39.7 Å². The van der Waals surface area contributed by atoms with Gasteiger partial charge < -0.3 is 4.90 Å². The summed E-state index contributed by atoms with van der Waals surface area (Å²) >= 11 is 12.8. The topological polar surface area (TPSA) is 64.4 Å². The molecule has 2 aromatic rings. The maximum atomic E-state index is 13.5. The summed E-state index contributed by atoms with van der Waals surface area (Å²) in [4.78, 5) is 1.77. The number of benzene rings is 2. The van der Waals surface area contributed by atoms with Crippen molar-refractivity contribution in [3.8, 4) is 6.19 Å². The van der Waals surface area contributed by atoms with Gasteiger partial charge in [-0.05, 0) is 58.2 Å². The second-order valence-electron chi connectivity index (χ2n) is 6.24. The Labute approximate surface area is 180 Å². The van der Waals surface area contributed by atoms with E-state index >= 15 is 0 Å². The summed E-state index contributed by atoms with van der Waals surface area (Å²) in [6.45, 7) is 1.11. The quantitative estimate of drug-likeness (QED) is 0.527. The van der Waals surface area contributed by atoms with Gasteiger partial charge in [0.1, 0.15) is 0 Å². The fraction of sp³-hybridized carbons (Fsp3) is 0.278. The van der Waals surface area contributed by atoms with E-state index in [0.29, 0.717) is 33.5 Å². The van der Waals surface area contributed by atoms with Crippen LogP contribution < -0.4 is 0 Å². The highest BCUT2D eigenvalue weighted by atomic mass is 79.9. The van der Waals surface area contributed by atoms with Crippen LogP contribution in [0.3, 0.4) is 0 Å². The molecule has 1 aliphatic rings. The molecule has 0 unspecified atom stereocenters. The highest BCUT2D eigenvalue weighted by Gasteiger charge is 2.36. The number of nitrogens with zero attached hydrogens (tertiary/aromatic N) is 3. The molecule has 1 aliphatic heterocycles. The molecule has 0 aromatic heterocycles. The van der Waals surface area contributed by atoms with Crippen molar-refractivity contribution in [2.45, 2.75) is 23.9 Å². The summed E-state index contributed by atoms with van der Waals surface area (Å²) in [6, 6.07) is 11.9.